The molecule has 0 aromatic carbocycles. The third kappa shape index (κ3) is 2.91. The van der Waals surface area contributed by atoms with Crippen molar-refractivity contribution in [3.8, 4) is 0 Å². The molecule has 1 amide bonds. The van der Waals surface area contributed by atoms with Crippen LogP contribution in [0.3, 0.4) is 0 Å². The van der Waals surface area contributed by atoms with E-state index in [1.807, 2.05) is 14.0 Å². The zero-order valence-electron chi connectivity index (χ0n) is 7.89. The molecule has 4 nitrogen and oxygen atoms in total. The Bertz CT molecular complexity index is 281. The summed E-state index contributed by atoms with van der Waals surface area (Å²) in [5.41, 5.74) is 0.577. The van der Waals surface area contributed by atoms with Crippen LogP contribution in [0, 0.1) is 6.92 Å². The van der Waals surface area contributed by atoms with Gasteiger partial charge in [0.05, 0.1) is 5.56 Å². The second kappa shape index (κ2) is 4.67. The molecule has 0 aliphatic rings. The molecule has 0 fully saturated rings. The average molecular weight is 182 g/mol. The van der Waals surface area contributed by atoms with Crippen LogP contribution < -0.4 is 10.6 Å². The van der Waals surface area contributed by atoms with Gasteiger partial charge in [-0.3, -0.25) is 4.79 Å². The van der Waals surface area contributed by atoms with Gasteiger partial charge in [0.1, 0.15) is 12.0 Å². The summed E-state index contributed by atoms with van der Waals surface area (Å²) in [5, 5.41) is 5.69. The van der Waals surface area contributed by atoms with Crippen LogP contribution in [0.25, 0.3) is 0 Å². The normalized spacial score (nSPS) is 10.0. The Balaban J connectivity index is 2.40. The van der Waals surface area contributed by atoms with E-state index in [-0.39, 0.29) is 5.91 Å². The van der Waals surface area contributed by atoms with Crippen molar-refractivity contribution >= 4 is 5.91 Å². The number of nitrogens with one attached hydrogen (secondary N) is 2. The van der Waals surface area contributed by atoms with Crippen molar-refractivity contribution in [3.63, 3.8) is 0 Å². The number of carbonyl (C=O) groups excluding carboxylic acids is 1. The van der Waals surface area contributed by atoms with Gasteiger partial charge < -0.3 is 15.1 Å². The minimum Gasteiger partial charge on any atom is -0.469 e. The quantitative estimate of drug-likeness (QED) is 0.668. The molecule has 0 aliphatic carbocycles. The fourth-order valence-corrected chi connectivity index (χ4v) is 0.966. The molecule has 0 unspecified atom stereocenters. The summed E-state index contributed by atoms with van der Waals surface area (Å²) < 4.78 is 5.02. The molecule has 13 heavy (non-hydrogen) atoms. The number of likely N-dealkylation sites (N-methyl/N-ethyl adjacent to an activating group) is 1. The molecule has 1 aromatic rings. The van der Waals surface area contributed by atoms with Gasteiger partial charge in [0.25, 0.3) is 5.91 Å². The topological polar surface area (TPSA) is 54.3 Å². The van der Waals surface area contributed by atoms with Crippen molar-refractivity contribution < 1.29 is 9.21 Å². The molecular weight excluding hydrogens is 168 g/mol. The molecule has 1 rings (SSSR count). The maximum atomic E-state index is 11.3. The first-order valence-corrected chi connectivity index (χ1v) is 4.22. The van der Waals surface area contributed by atoms with Gasteiger partial charge in [0, 0.05) is 13.1 Å². The van der Waals surface area contributed by atoms with Crippen molar-refractivity contribution in [1.82, 2.24) is 10.6 Å². The predicted octanol–water partition coefficient (Wildman–Crippen LogP) is 0.537. The highest BCUT2D eigenvalue weighted by atomic mass is 16.3. The Morgan fingerprint density at radius 2 is 2.31 bits per heavy atom. The Hall–Kier alpha value is -1.29. The van der Waals surface area contributed by atoms with E-state index >= 15 is 0 Å². The second-order valence-corrected chi connectivity index (χ2v) is 2.81. The molecule has 1 heterocycles. The Morgan fingerprint density at radius 1 is 1.54 bits per heavy atom. The molecule has 0 bridgehead atoms. The number of aryl methyl sites for hydroxylation is 1. The summed E-state index contributed by atoms with van der Waals surface area (Å²) in [7, 11) is 1.84. The molecule has 0 atom stereocenters. The fraction of sp³-hybridized carbons (Fsp3) is 0.444. The number of hydrogen-bond acceptors (Lipinski definition) is 3. The Kier molecular flexibility index (Phi) is 3.52. The van der Waals surface area contributed by atoms with Crippen LogP contribution in [-0.4, -0.2) is 26.0 Å². The zero-order chi connectivity index (χ0) is 9.68. The number of carbonyl (C=O) groups is 1. The molecule has 0 radical (unpaired) electrons. The lowest BCUT2D eigenvalue weighted by molar-refractivity contribution is 0.0953. The monoisotopic (exact) mass is 182 g/mol. The highest BCUT2D eigenvalue weighted by Gasteiger charge is 2.06. The first-order chi connectivity index (χ1) is 6.24. The number of rotatable bonds is 4. The third-order valence-electron chi connectivity index (χ3n) is 1.65. The first kappa shape index (κ1) is 9.80. The van der Waals surface area contributed by atoms with Crippen LogP contribution >= 0.6 is 0 Å². The van der Waals surface area contributed by atoms with Gasteiger partial charge in [0.15, 0.2) is 0 Å². The maximum Gasteiger partial charge on any atom is 0.254 e. The van der Waals surface area contributed by atoms with Crippen LogP contribution in [-0.2, 0) is 0 Å². The van der Waals surface area contributed by atoms with Gasteiger partial charge in [-0.05, 0) is 20.0 Å². The zero-order valence-corrected chi connectivity index (χ0v) is 7.89. The fourth-order valence-electron chi connectivity index (χ4n) is 0.966. The first-order valence-electron chi connectivity index (χ1n) is 4.22. The largest absolute Gasteiger partial charge is 0.469 e. The van der Waals surface area contributed by atoms with Crippen LogP contribution in [0.2, 0.25) is 0 Å². The molecule has 0 saturated carbocycles. The van der Waals surface area contributed by atoms with E-state index in [4.69, 9.17) is 4.42 Å². The van der Waals surface area contributed by atoms with Gasteiger partial charge in [-0.15, -0.1) is 0 Å². The highest BCUT2D eigenvalue weighted by molar-refractivity contribution is 5.93. The smallest absolute Gasteiger partial charge is 0.254 e. The third-order valence-corrected chi connectivity index (χ3v) is 1.65. The second-order valence-electron chi connectivity index (χ2n) is 2.81. The number of furan rings is 1. The van der Waals surface area contributed by atoms with E-state index in [0.717, 1.165) is 12.3 Å². The van der Waals surface area contributed by atoms with Crippen molar-refractivity contribution in [2.45, 2.75) is 6.92 Å². The van der Waals surface area contributed by atoms with Gasteiger partial charge in [-0.25, -0.2) is 0 Å². The number of hydrogen-bond donors (Lipinski definition) is 2. The van der Waals surface area contributed by atoms with Crippen molar-refractivity contribution in [2.75, 3.05) is 20.1 Å². The van der Waals surface area contributed by atoms with Crippen LogP contribution in [0.15, 0.2) is 16.7 Å². The van der Waals surface area contributed by atoms with Gasteiger partial charge in [0.2, 0.25) is 0 Å². The van der Waals surface area contributed by atoms with Crippen molar-refractivity contribution in [2.24, 2.45) is 0 Å². The summed E-state index contributed by atoms with van der Waals surface area (Å²) in [6.45, 7) is 3.20. The van der Waals surface area contributed by atoms with Crippen LogP contribution in [0.4, 0.5) is 0 Å². The highest BCUT2D eigenvalue weighted by Crippen LogP contribution is 2.05. The predicted molar refractivity (Wildman–Crippen MR) is 49.7 cm³/mol. The standard InChI is InChI=1S/C9H14N2O2/c1-7-5-8(6-13-7)9(12)11-4-3-10-2/h5-6,10H,3-4H2,1-2H3,(H,11,12). The summed E-state index contributed by atoms with van der Waals surface area (Å²) in [5.74, 6) is 0.658. The minimum absolute atomic E-state index is 0.0906. The maximum absolute atomic E-state index is 11.3. The van der Waals surface area contributed by atoms with E-state index in [1.165, 1.54) is 6.26 Å². The lowest BCUT2D eigenvalue weighted by Gasteiger charge is -2.01. The average Bonchev–Trinajstić information content (AvgIpc) is 2.52. The van der Waals surface area contributed by atoms with E-state index < -0.39 is 0 Å². The summed E-state index contributed by atoms with van der Waals surface area (Å²) >= 11 is 0. The summed E-state index contributed by atoms with van der Waals surface area (Å²) in [6, 6.07) is 1.72. The molecule has 0 aliphatic heterocycles. The Morgan fingerprint density at radius 3 is 2.85 bits per heavy atom. The number of amides is 1. The van der Waals surface area contributed by atoms with E-state index in [0.29, 0.717) is 12.1 Å². The SMILES string of the molecule is CNCCNC(=O)c1coc(C)c1. The lowest BCUT2D eigenvalue weighted by Crippen LogP contribution is -2.30. The molecule has 2 N–H and O–H groups in total. The summed E-state index contributed by atoms with van der Waals surface area (Å²) in [4.78, 5) is 11.3. The van der Waals surface area contributed by atoms with Gasteiger partial charge in [-0.2, -0.15) is 0 Å². The van der Waals surface area contributed by atoms with Gasteiger partial charge in [-0.1, -0.05) is 0 Å². The van der Waals surface area contributed by atoms with E-state index in [1.54, 1.807) is 6.07 Å². The van der Waals surface area contributed by atoms with Crippen LogP contribution in [0.1, 0.15) is 16.1 Å². The lowest BCUT2D eigenvalue weighted by atomic mass is 10.3. The molecule has 0 saturated heterocycles. The Labute approximate surface area is 77.3 Å². The minimum atomic E-state index is -0.0906. The molecule has 72 valence electrons. The van der Waals surface area contributed by atoms with Crippen molar-refractivity contribution in [3.05, 3.63) is 23.7 Å². The van der Waals surface area contributed by atoms with E-state index in [9.17, 15) is 4.79 Å². The molecule has 0 spiro atoms. The molecule has 4 heteroatoms. The van der Waals surface area contributed by atoms with E-state index in [2.05, 4.69) is 10.6 Å². The molecule has 1 aromatic heterocycles. The molecular formula is C9H14N2O2. The summed E-state index contributed by atoms with van der Waals surface area (Å²) in [6.07, 6.45) is 1.46. The van der Waals surface area contributed by atoms with Gasteiger partial charge >= 0.3 is 0 Å². The van der Waals surface area contributed by atoms with Crippen LogP contribution in [0.5, 0.6) is 0 Å². The van der Waals surface area contributed by atoms with Crippen molar-refractivity contribution in [1.29, 1.82) is 0 Å².